The van der Waals surface area contributed by atoms with Gasteiger partial charge in [-0.15, -0.1) is 0 Å². The number of rotatable bonds is 7. The van der Waals surface area contributed by atoms with Crippen molar-refractivity contribution in [3.63, 3.8) is 0 Å². The fraction of sp³-hybridized carbons (Fsp3) is 0.259. The third-order valence-corrected chi connectivity index (χ3v) is 6.77. The molecule has 4 rings (SSSR count). The number of halogens is 2. The van der Waals surface area contributed by atoms with Crippen molar-refractivity contribution in [2.75, 3.05) is 20.6 Å². The first-order valence-electron chi connectivity index (χ1n) is 11.3. The van der Waals surface area contributed by atoms with Crippen LogP contribution in [0.25, 0.3) is 0 Å². The van der Waals surface area contributed by atoms with Gasteiger partial charge < -0.3 is 9.64 Å². The number of nitrogens with zero attached hydrogens (tertiary/aromatic N) is 1. The Labute approximate surface area is 218 Å². The van der Waals surface area contributed by atoms with Crippen LogP contribution in [0.2, 0.25) is 0 Å². The van der Waals surface area contributed by atoms with Crippen LogP contribution < -0.4 is 10.9 Å². The molecule has 1 atom stereocenters. The molecule has 0 spiro atoms. The molecule has 0 aliphatic carbocycles. The Morgan fingerprint density at radius 3 is 2.34 bits per heavy atom. The third-order valence-electron chi connectivity index (χ3n) is 6.10. The van der Waals surface area contributed by atoms with Crippen LogP contribution in [-0.4, -0.2) is 37.4 Å². The standard InChI is InChI=1S/C27H27FIN3O3/c1-32(2)14-4-13-27(21-8-10-22(28)11-9-21)24-12-7-19(15-20(24)17-35-27)26(34)31-30-25(33)18-5-3-6-23(29)16-18/h3,5-12,15-16H,4,13-14,17H2,1-2H3,(H,30,33)(H,31,34). The number of hydrazine groups is 1. The monoisotopic (exact) mass is 587 g/mol. The van der Waals surface area contributed by atoms with Crippen LogP contribution in [-0.2, 0) is 16.9 Å². The zero-order valence-electron chi connectivity index (χ0n) is 19.6. The minimum absolute atomic E-state index is 0.297. The molecule has 2 N–H and O–H groups in total. The van der Waals surface area contributed by atoms with Gasteiger partial charge in [-0.1, -0.05) is 24.3 Å². The van der Waals surface area contributed by atoms with Crippen LogP contribution in [0, 0.1) is 9.39 Å². The molecule has 1 aliphatic rings. The summed E-state index contributed by atoms with van der Waals surface area (Å²) in [7, 11) is 4.05. The second-order valence-corrected chi connectivity index (χ2v) is 10.1. The van der Waals surface area contributed by atoms with Crippen molar-refractivity contribution in [2.45, 2.75) is 25.0 Å². The van der Waals surface area contributed by atoms with Gasteiger partial charge in [0.1, 0.15) is 11.4 Å². The number of ether oxygens (including phenoxy) is 1. The summed E-state index contributed by atoms with van der Waals surface area (Å²) in [6.45, 7) is 1.23. The van der Waals surface area contributed by atoms with Gasteiger partial charge in [-0.05, 0) is 115 Å². The van der Waals surface area contributed by atoms with Crippen LogP contribution in [0.4, 0.5) is 4.39 Å². The average Bonchev–Trinajstić information content (AvgIpc) is 3.21. The van der Waals surface area contributed by atoms with Gasteiger partial charge in [0.25, 0.3) is 11.8 Å². The maximum absolute atomic E-state index is 13.6. The summed E-state index contributed by atoms with van der Waals surface area (Å²) in [5, 5.41) is 0. The highest BCUT2D eigenvalue weighted by Crippen LogP contribution is 2.45. The molecule has 0 saturated carbocycles. The number of hydrogen-bond donors (Lipinski definition) is 2. The maximum atomic E-state index is 13.6. The Kier molecular flexibility index (Phi) is 7.83. The molecule has 6 nitrogen and oxygen atoms in total. The molecule has 35 heavy (non-hydrogen) atoms. The average molecular weight is 587 g/mol. The summed E-state index contributed by atoms with van der Waals surface area (Å²) in [6, 6.07) is 18.9. The molecule has 3 aromatic carbocycles. The van der Waals surface area contributed by atoms with Crippen LogP contribution in [0.3, 0.4) is 0 Å². The van der Waals surface area contributed by atoms with Crippen molar-refractivity contribution in [1.82, 2.24) is 15.8 Å². The Bertz CT molecular complexity index is 1230. The number of nitrogens with one attached hydrogen (secondary N) is 2. The minimum atomic E-state index is -0.702. The van der Waals surface area contributed by atoms with Crippen molar-refractivity contribution in [2.24, 2.45) is 0 Å². The first kappa shape index (κ1) is 25.3. The molecule has 1 heterocycles. The second kappa shape index (κ2) is 10.8. The van der Waals surface area contributed by atoms with E-state index in [1.165, 1.54) is 12.1 Å². The Morgan fingerprint density at radius 2 is 1.69 bits per heavy atom. The summed E-state index contributed by atoms with van der Waals surface area (Å²) < 4.78 is 20.9. The van der Waals surface area contributed by atoms with E-state index in [9.17, 15) is 14.0 Å². The lowest BCUT2D eigenvalue weighted by Crippen LogP contribution is -2.41. The maximum Gasteiger partial charge on any atom is 0.269 e. The first-order valence-corrected chi connectivity index (χ1v) is 12.4. The topological polar surface area (TPSA) is 70.7 Å². The molecule has 0 bridgehead atoms. The van der Waals surface area contributed by atoms with Crippen molar-refractivity contribution in [3.05, 3.63) is 104 Å². The summed E-state index contributed by atoms with van der Waals surface area (Å²) in [4.78, 5) is 27.2. The fourth-order valence-electron chi connectivity index (χ4n) is 4.37. The highest BCUT2D eigenvalue weighted by Gasteiger charge is 2.41. The molecule has 1 unspecified atom stereocenters. The Hall–Kier alpha value is -2.82. The molecule has 0 saturated heterocycles. The lowest BCUT2D eigenvalue weighted by molar-refractivity contribution is -0.0140. The normalized spacial score (nSPS) is 16.7. The third kappa shape index (κ3) is 5.71. The highest BCUT2D eigenvalue weighted by atomic mass is 127. The van der Waals surface area contributed by atoms with Crippen LogP contribution in [0.1, 0.15) is 50.2 Å². The molecule has 2 amide bonds. The predicted octanol–water partition coefficient (Wildman–Crippen LogP) is 4.62. The van der Waals surface area contributed by atoms with Crippen LogP contribution >= 0.6 is 22.6 Å². The van der Waals surface area contributed by atoms with E-state index in [2.05, 4.69) is 38.3 Å². The van der Waals surface area contributed by atoms with Crippen molar-refractivity contribution in [1.29, 1.82) is 0 Å². The van der Waals surface area contributed by atoms with Crippen molar-refractivity contribution < 1.29 is 18.7 Å². The number of fused-ring (bicyclic) bond motifs is 1. The molecule has 182 valence electrons. The van der Waals surface area contributed by atoms with E-state index >= 15 is 0 Å². The van der Waals surface area contributed by atoms with Crippen LogP contribution in [0.15, 0.2) is 66.7 Å². The van der Waals surface area contributed by atoms with Gasteiger partial charge in [0.05, 0.1) is 6.61 Å². The largest absolute Gasteiger partial charge is 0.361 e. The van der Waals surface area contributed by atoms with Gasteiger partial charge >= 0.3 is 0 Å². The second-order valence-electron chi connectivity index (χ2n) is 8.82. The summed E-state index contributed by atoms with van der Waals surface area (Å²) in [5.41, 5.74) is 7.88. The fourth-order valence-corrected chi connectivity index (χ4v) is 4.91. The van der Waals surface area contributed by atoms with E-state index in [0.717, 1.165) is 39.6 Å². The Morgan fingerprint density at radius 1 is 1.00 bits per heavy atom. The highest BCUT2D eigenvalue weighted by molar-refractivity contribution is 14.1. The lowest BCUT2D eigenvalue weighted by Gasteiger charge is -2.31. The molecule has 0 radical (unpaired) electrons. The molecule has 1 aliphatic heterocycles. The Balaban J connectivity index is 1.53. The first-order chi connectivity index (χ1) is 16.8. The molecule has 0 fully saturated rings. The lowest BCUT2D eigenvalue weighted by atomic mass is 9.81. The van der Waals surface area contributed by atoms with Gasteiger partial charge in [-0.25, -0.2) is 4.39 Å². The van der Waals surface area contributed by atoms with Gasteiger partial charge in [0.15, 0.2) is 0 Å². The van der Waals surface area contributed by atoms with E-state index in [1.807, 2.05) is 26.2 Å². The van der Waals surface area contributed by atoms with Crippen molar-refractivity contribution in [3.8, 4) is 0 Å². The smallest absolute Gasteiger partial charge is 0.269 e. The van der Waals surface area contributed by atoms with E-state index in [-0.39, 0.29) is 5.82 Å². The van der Waals surface area contributed by atoms with E-state index in [1.54, 1.807) is 42.5 Å². The number of hydrogen-bond acceptors (Lipinski definition) is 4. The number of benzene rings is 3. The molecule has 8 heteroatoms. The zero-order valence-corrected chi connectivity index (χ0v) is 21.8. The summed E-state index contributed by atoms with van der Waals surface area (Å²) in [5.74, 6) is -1.11. The molecule has 0 aromatic heterocycles. The minimum Gasteiger partial charge on any atom is -0.361 e. The number of carbonyl (C=O) groups is 2. The zero-order chi connectivity index (χ0) is 25.0. The molecular weight excluding hydrogens is 560 g/mol. The van der Waals surface area contributed by atoms with E-state index in [4.69, 9.17) is 4.74 Å². The summed E-state index contributed by atoms with van der Waals surface area (Å²) in [6.07, 6.45) is 1.61. The SMILES string of the molecule is CN(C)CCCC1(c2ccc(F)cc2)OCc2cc(C(=O)NNC(=O)c3cccc(I)c3)ccc21. The van der Waals surface area contributed by atoms with Gasteiger partial charge in [0, 0.05) is 14.7 Å². The van der Waals surface area contributed by atoms with E-state index in [0.29, 0.717) is 17.7 Å². The molecule has 3 aromatic rings. The number of carbonyl (C=O) groups excluding carboxylic acids is 2. The van der Waals surface area contributed by atoms with E-state index < -0.39 is 17.4 Å². The quantitative estimate of drug-likeness (QED) is 0.313. The summed E-state index contributed by atoms with van der Waals surface area (Å²) >= 11 is 2.13. The number of amides is 2. The van der Waals surface area contributed by atoms with Crippen LogP contribution in [0.5, 0.6) is 0 Å². The molecular formula is C27H27FIN3O3. The van der Waals surface area contributed by atoms with Gasteiger partial charge in [-0.3, -0.25) is 20.4 Å². The van der Waals surface area contributed by atoms with Gasteiger partial charge in [-0.2, -0.15) is 0 Å². The predicted molar refractivity (Wildman–Crippen MR) is 140 cm³/mol. The van der Waals surface area contributed by atoms with Gasteiger partial charge in [0.2, 0.25) is 0 Å². The van der Waals surface area contributed by atoms with Crippen molar-refractivity contribution >= 4 is 34.4 Å².